The van der Waals surface area contributed by atoms with Gasteiger partial charge in [-0.3, -0.25) is 4.79 Å². The van der Waals surface area contributed by atoms with Gasteiger partial charge in [0.05, 0.1) is 0 Å². The van der Waals surface area contributed by atoms with Gasteiger partial charge in [-0.05, 0) is 64.5 Å². The molecule has 1 N–H and O–H groups in total. The van der Waals surface area contributed by atoms with Gasteiger partial charge >= 0.3 is 0 Å². The molecular formula is C18H25N3O. The number of aromatic nitrogens is 1. The van der Waals surface area contributed by atoms with Crippen molar-refractivity contribution in [2.24, 2.45) is 0 Å². The van der Waals surface area contributed by atoms with Crippen molar-refractivity contribution in [1.29, 1.82) is 0 Å². The zero-order valence-electron chi connectivity index (χ0n) is 13.9. The van der Waals surface area contributed by atoms with E-state index < -0.39 is 0 Å². The molecule has 2 heterocycles. The quantitative estimate of drug-likeness (QED) is 0.926. The van der Waals surface area contributed by atoms with Crippen LogP contribution in [0.1, 0.15) is 34.5 Å². The maximum absolute atomic E-state index is 12.9. The molecule has 0 aliphatic carbocycles. The van der Waals surface area contributed by atoms with Gasteiger partial charge in [0.25, 0.3) is 5.91 Å². The van der Waals surface area contributed by atoms with Crippen LogP contribution in [0, 0.1) is 13.8 Å². The molecule has 0 saturated carbocycles. The number of likely N-dealkylation sites (tertiary alicyclic amines) is 1. The second-order valence-electron chi connectivity index (χ2n) is 6.62. The van der Waals surface area contributed by atoms with Crippen LogP contribution >= 0.6 is 0 Å². The largest absolute Gasteiger partial charge is 0.350 e. The standard InChI is InChI=1S/C18H25N3O/c1-12-5-6-16-15(11-12)13(2)17(19-16)18(22)21(4)14-7-9-20(3)10-8-14/h5-6,11,14,19H,7-10H2,1-4H3. The second-order valence-corrected chi connectivity index (χ2v) is 6.62. The molecule has 0 atom stereocenters. The fraction of sp³-hybridized carbons (Fsp3) is 0.500. The van der Waals surface area contributed by atoms with Gasteiger partial charge in [0, 0.05) is 24.0 Å². The number of carbonyl (C=O) groups is 1. The molecule has 3 rings (SSSR count). The summed E-state index contributed by atoms with van der Waals surface area (Å²) in [7, 11) is 4.08. The molecule has 0 unspecified atom stereocenters. The van der Waals surface area contributed by atoms with E-state index in [1.165, 1.54) is 5.56 Å². The Morgan fingerprint density at radius 1 is 1.27 bits per heavy atom. The Balaban J connectivity index is 1.87. The van der Waals surface area contributed by atoms with Crippen LogP contribution in [0.15, 0.2) is 18.2 Å². The van der Waals surface area contributed by atoms with Gasteiger partial charge in [0.2, 0.25) is 0 Å². The van der Waals surface area contributed by atoms with Crippen molar-refractivity contribution < 1.29 is 4.79 Å². The lowest BCUT2D eigenvalue weighted by Crippen LogP contribution is -2.44. The predicted octanol–water partition coefficient (Wildman–Crippen LogP) is 2.95. The van der Waals surface area contributed by atoms with Crippen LogP contribution in [-0.2, 0) is 0 Å². The number of aryl methyl sites for hydroxylation is 2. The first-order valence-corrected chi connectivity index (χ1v) is 8.02. The van der Waals surface area contributed by atoms with E-state index in [-0.39, 0.29) is 5.91 Å². The van der Waals surface area contributed by atoms with Crippen molar-refractivity contribution in [2.75, 3.05) is 27.2 Å². The summed E-state index contributed by atoms with van der Waals surface area (Å²) in [6.07, 6.45) is 2.11. The van der Waals surface area contributed by atoms with Crippen LogP contribution in [0.25, 0.3) is 10.9 Å². The molecule has 0 spiro atoms. The first-order chi connectivity index (χ1) is 10.5. The minimum atomic E-state index is 0.112. The fourth-order valence-corrected chi connectivity index (χ4v) is 3.38. The van der Waals surface area contributed by atoms with Gasteiger partial charge in [-0.2, -0.15) is 0 Å². The lowest BCUT2D eigenvalue weighted by atomic mass is 10.0. The van der Waals surface area contributed by atoms with E-state index in [4.69, 9.17) is 0 Å². The molecule has 22 heavy (non-hydrogen) atoms. The SMILES string of the molecule is Cc1ccc2[nH]c(C(=O)N(C)C3CCN(C)CC3)c(C)c2c1. The summed E-state index contributed by atoms with van der Waals surface area (Å²) in [5, 5.41) is 1.15. The number of nitrogens with one attached hydrogen (secondary N) is 1. The van der Waals surface area contributed by atoms with Crippen LogP contribution in [0.3, 0.4) is 0 Å². The monoisotopic (exact) mass is 299 g/mol. The molecule has 1 aliphatic heterocycles. The Bertz CT molecular complexity index is 696. The summed E-state index contributed by atoms with van der Waals surface area (Å²) in [6, 6.07) is 6.63. The first kappa shape index (κ1) is 15.1. The molecule has 118 valence electrons. The Kier molecular flexibility index (Phi) is 3.96. The van der Waals surface area contributed by atoms with Crippen molar-refractivity contribution >= 4 is 16.8 Å². The number of fused-ring (bicyclic) bond motifs is 1. The molecule has 0 bridgehead atoms. The van der Waals surface area contributed by atoms with Crippen LogP contribution < -0.4 is 0 Å². The molecule has 1 saturated heterocycles. The van der Waals surface area contributed by atoms with E-state index in [9.17, 15) is 4.79 Å². The van der Waals surface area contributed by atoms with Crippen LogP contribution in [0.5, 0.6) is 0 Å². The third-order valence-electron chi connectivity index (χ3n) is 4.98. The summed E-state index contributed by atoms with van der Waals surface area (Å²) < 4.78 is 0. The molecule has 0 radical (unpaired) electrons. The highest BCUT2D eigenvalue weighted by atomic mass is 16.2. The second kappa shape index (κ2) is 5.76. The van der Waals surface area contributed by atoms with Gasteiger partial charge in [0.15, 0.2) is 0 Å². The van der Waals surface area contributed by atoms with Crippen molar-refractivity contribution in [3.05, 3.63) is 35.0 Å². The smallest absolute Gasteiger partial charge is 0.270 e. The molecule has 1 aliphatic rings. The highest BCUT2D eigenvalue weighted by Crippen LogP contribution is 2.25. The maximum atomic E-state index is 12.9. The number of carbonyl (C=O) groups excluding carboxylic acids is 1. The Morgan fingerprint density at radius 2 is 1.95 bits per heavy atom. The molecule has 1 amide bonds. The third kappa shape index (κ3) is 2.63. The number of rotatable bonds is 2. The molecular weight excluding hydrogens is 274 g/mol. The number of hydrogen-bond acceptors (Lipinski definition) is 2. The number of H-pyrrole nitrogens is 1. The maximum Gasteiger partial charge on any atom is 0.270 e. The lowest BCUT2D eigenvalue weighted by Gasteiger charge is -2.35. The van der Waals surface area contributed by atoms with Crippen molar-refractivity contribution in [1.82, 2.24) is 14.8 Å². The molecule has 1 aromatic heterocycles. The van der Waals surface area contributed by atoms with Crippen molar-refractivity contribution in [3.63, 3.8) is 0 Å². The number of benzene rings is 1. The number of piperidine rings is 1. The Labute approximate surface area is 132 Å². The lowest BCUT2D eigenvalue weighted by molar-refractivity contribution is 0.0654. The van der Waals surface area contributed by atoms with Crippen molar-refractivity contribution in [3.8, 4) is 0 Å². The van der Waals surface area contributed by atoms with E-state index in [0.717, 1.165) is 48.1 Å². The normalized spacial score (nSPS) is 17.1. The average molecular weight is 299 g/mol. The van der Waals surface area contributed by atoms with Crippen molar-refractivity contribution in [2.45, 2.75) is 32.7 Å². The van der Waals surface area contributed by atoms with E-state index in [0.29, 0.717) is 6.04 Å². The molecule has 2 aromatic rings. The highest BCUT2D eigenvalue weighted by Gasteiger charge is 2.26. The van der Waals surface area contributed by atoms with E-state index in [2.05, 4.69) is 42.1 Å². The van der Waals surface area contributed by atoms with Gasteiger partial charge in [-0.25, -0.2) is 0 Å². The average Bonchev–Trinajstić information content (AvgIpc) is 2.83. The Hall–Kier alpha value is -1.81. The van der Waals surface area contributed by atoms with Crippen LogP contribution in [-0.4, -0.2) is 53.9 Å². The number of hydrogen-bond donors (Lipinski definition) is 1. The number of aromatic amines is 1. The van der Waals surface area contributed by atoms with Crippen LogP contribution in [0.2, 0.25) is 0 Å². The van der Waals surface area contributed by atoms with E-state index in [1.54, 1.807) is 0 Å². The van der Waals surface area contributed by atoms with Gasteiger partial charge in [0.1, 0.15) is 5.69 Å². The minimum absolute atomic E-state index is 0.112. The van der Waals surface area contributed by atoms with E-state index >= 15 is 0 Å². The number of amides is 1. The fourth-order valence-electron chi connectivity index (χ4n) is 3.38. The van der Waals surface area contributed by atoms with Crippen LogP contribution in [0.4, 0.5) is 0 Å². The summed E-state index contributed by atoms with van der Waals surface area (Å²) in [4.78, 5) is 20.5. The van der Waals surface area contributed by atoms with Gasteiger partial charge in [-0.15, -0.1) is 0 Å². The van der Waals surface area contributed by atoms with E-state index in [1.807, 2.05) is 18.9 Å². The first-order valence-electron chi connectivity index (χ1n) is 8.02. The molecule has 1 fully saturated rings. The minimum Gasteiger partial charge on any atom is -0.350 e. The highest BCUT2D eigenvalue weighted by molar-refractivity contribution is 6.01. The number of nitrogens with zero attached hydrogens (tertiary/aromatic N) is 2. The van der Waals surface area contributed by atoms with Gasteiger partial charge < -0.3 is 14.8 Å². The summed E-state index contributed by atoms with van der Waals surface area (Å²) in [5.41, 5.74) is 4.06. The summed E-state index contributed by atoms with van der Waals surface area (Å²) in [6.45, 7) is 6.24. The molecule has 1 aromatic carbocycles. The zero-order chi connectivity index (χ0) is 15.9. The van der Waals surface area contributed by atoms with Gasteiger partial charge in [-0.1, -0.05) is 11.6 Å². The Morgan fingerprint density at radius 3 is 2.64 bits per heavy atom. The third-order valence-corrected chi connectivity index (χ3v) is 4.98. The molecule has 4 nitrogen and oxygen atoms in total. The summed E-state index contributed by atoms with van der Waals surface area (Å²) >= 11 is 0. The topological polar surface area (TPSA) is 39.3 Å². The zero-order valence-corrected chi connectivity index (χ0v) is 13.9. The predicted molar refractivity (Wildman–Crippen MR) is 90.4 cm³/mol. The molecule has 4 heteroatoms. The summed E-state index contributed by atoms with van der Waals surface area (Å²) in [5.74, 6) is 0.112.